The Balaban J connectivity index is 3.50. The molecular weight excluding hydrogens is 825 g/mol. The van der Waals surface area contributed by atoms with Gasteiger partial charge in [-0.05, 0) is 96.3 Å². The summed E-state index contributed by atoms with van der Waals surface area (Å²) in [6.45, 7) is 4.03. The minimum absolute atomic E-state index is 0.0714. The highest BCUT2D eigenvalue weighted by Crippen LogP contribution is 2.16. The summed E-state index contributed by atoms with van der Waals surface area (Å²) in [6.07, 6.45) is 81.0. The highest BCUT2D eigenvalue weighted by atomic mass is 16.6. The monoisotopic (exact) mass is 931 g/mol. The smallest absolute Gasteiger partial charge is 0.306 e. The van der Waals surface area contributed by atoms with Crippen LogP contribution in [0.1, 0.15) is 264 Å². The molecule has 0 aliphatic rings. The molecule has 0 saturated heterocycles. The standard InChI is InChI=1S/C62H106O5/c1-3-5-7-9-11-13-15-17-19-21-22-23-24-25-26-27-28-29-30-31-32-33-34-35-36-37-38-39-40-41-43-45-47-49-51-53-55-57-62(65)67-60(58-63)59-66-61(64)56-54-52-50-48-46-44-42-20-18-16-14-12-10-8-6-4-2/h5,7,11,13,17,19-20,22-23,25-26,28-29,31-32,42,60,63H,3-4,6,8-10,12,14-16,18,21,24,27,30,33-41,43-59H2,1-2H3/b7-5-,13-11-,19-17-,23-22-,26-25-,29-28-,32-31-,42-20-. The molecule has 0 spiro atoms. The first-order valence-corrected chi connectivity index (χ1v) is 28.3. The number of aliphatic hydroxyl groups excluding tert-OH is 1. The van der Waals surface area contributed by atoms with Crippen molar-refractivity contribution >= 4 is 11.9 Å². The summed E-state index contributed by atoms with van der Waals surface area (Å²) in [4.78, 5) is 24.5. The maximum absolute atomic E-state index is 12.3. The van der Waals surface area contributed by atoms with Gasteiger partial charge in [0.2, 0.25) is 0 Å². The number of allylic oxidation sites excluding steroid dienone is 16. The van der Waals surface area contributed by atoms with Crippen molar-refractivity contribution in [1.29, 1.82) is 0 Å². The zero-order chi connectivity index (χ0) is 48.5. The molecule has 1 unspecified atom stereocenters. The van der Waals surface area contributed by atoms with Crippen LogP contribution in [0.3, 0.4) is 0 Å². The molecule has 384 valence electrons. The van der Waals surface area contributed by atoms with Gasteiger partial charge in [0, 0.05) is 12.8 Å². The molecule has 0 heterocycles. The van der Waals surface area contributed by atoms with Crippen molar-refractivity contribution < 1.29 is 24.2 Å². The van der Waals surface area contributed by atoms with Gasteiger partial charge in [-0.1, -0.05) is 252 Å². The van der Waals surface area contributed by atoms with Gasteiger partial charge in [-0.3, -0.25) is 9.59 Å². The van der Waals surface area contributed by atoms with Crippen molar-refractivity contribution in [3.05, 3.63) is 97.2 Å². The molecule has 0 aliphatic carbocycles. The fraction of sp³-hybridized carbons (Fsp3) is 0.710. The van der Waals surface area contributed by atoms with Gasteiger partial charge in [-0.25, -0.2) is 0 Å². The predicted octanol–water partition coefficient (Wildman–Crippen LogP) is 19.1. The minimum atomic E-state index is -0.779. The largest absolute Gasteiger partial charge is 0.462 e. The SMILES string of the molecule is CC/C=C\C/C=C\C/C=C\C/C=C\C/C=C\C/C=C\C/C=C\CCCCCCCCCCCCCCCCCC(=O)OC(CO)COC(=O)CCCCCCC/C=C\CCCCCCCCC. The van der Waals surface area contributed by atoms with Crippen molar-refractivity contribution in [3.63, 3.8) is 0 Å². The van der Waals surface area contributed by atoms with Gasteiger partial charge in [0.15, 0.2) is 6.10 Å². The van der Waals surface area contributed by atoms with Crippen LogP contribution in [0.5, 0.6) is 0 Å². The zero-order valence-electron chi connectivity index (χ0n) is 43.9. The lowest BCUT2D eigenvalue weighted by Gasteiger charge is -2.15. The zero-order valence-corrected chi connectivity index (χ0v) is 43.9. The van der Waals surface area contributed by atoms with Crippen LogP contribution in [0.25, 0.3) is 0 Å². The van der Waals surface area contributed by atoms with E-state index < -0.39 is 6.10 Å². The first kappa shape index (κ1) is 63.8. The second-order valence-corrected chi connectivity index (χ2v) is 18.6. The third-order valence-electron chi connectivity index (χ3n) is 12.1. The number of ether oxygens (including phenoxy) is 2. The summed E-state index contributed by atoms with van der Waals surface area (Å²) in [5.74, 6) is -0.597. The molecule has 67 heavy (non-hydrogen) atoms. The van der Waals surface area contributed by atoms with Crippen molar-refractivity contribution in [2.24, 2.45) is 0 Å². The van der Waals surface area contributed by atoms with Crippen molar-refractivity contribution in [2.45, 2.75) is 270 Å². The van der Waals surface area contributed by atoms with E-state index >= 15 is 0 Å². The number of hydrogen-bond acceptors (Lipinski definition) is 5. The van der Waals surface area contributed by atoms with Gasteiger partial charge in [0.25, 0.3) is 0 Å². The normalized spacial score (nSPS) is 12.9. The van der Waals surface area contributed by atoms with Crippen LogP contribution in [0, 0.1) is 0 Å². The molecule has 1 atom stereocenters. The number of hydrogen-bond donors (Lipinski definition) is 1. The van der Waals surface area contributed by atoms with Crippen molar-refractivity contribution in [1.82, 2.24) is 0 Å². The molecule has 0 aromatic heterocycles. The summed E-state index contributed by atoms with van der Waals surface area (Å²) in [7, 11) is 0. The van der Waals surface area contributed by atoms with Gasteiger partial charge in [-0.2, -0.15) is 0 Å². The van der Waals surface area contributed by atoms with Crippen molar-refractivity contribution in [3.8, 4) is 0 Å². The highest BCUT2D eigenvalue weighted by Gasteiger charge is 2.16. The van der Waals surface area contributed by atoms with E-state index in [1.54, 1.807) is 0 Å². The van der Waals surface area contributed by atoms with Crippen molar-refractivity contribution in [2.75, 3.05) is 13.2 Å². The molecule has 0 aromatic rings. The van der Waals surface area contributed by atoms with Gasteiger partial charge >= 0.3 is 11.9 Å². The molecule has 0 bridgehead atoms. The Morgan fingerprint density at radius 1 is 0.358 bits per heavy atom. The number of aliphatic hydroxyl groups is 1. The molecule has 0 aliphatic heterocycles. The number of carbonyl (C=O) groups is 2. The highest BCUT2D eigenvalue weighted by molar-refractivity contribution is 5.70. The number of rotatable bonds is 51. The second-order valence-electron chi connectivity index (χ2n) is 18.6. The summed E-state index contributed by atoms with van der Waals surface area (Å²) >= 11 is 0. The Morgan fingerprint density at radius 2 is 0.642 bits per heavy atom. The van der Waals surface area contributed by atoms with E-state index in [0.717, 1.165) is 89.9 Å². The minimum Gasteiger partial charge on any atom is -0.462 e. The van der Waals surface area contributed by atoms with E-state index in [4.69, 9.17) is 9.47 Å². The average Bonchev–Trinajstić information content (AvgIpc) is 3.33. The van der Waals surface area contributed by atoms with Crippen LogP contribution in [-0.2, 0) is 19.1 Å². The summed E-state index contributed by atoms with van der Waals surface area (Å²) < 4.78 is 10.7. The molecule has 0 aromatic carbocycles. The topological polar surface area (TPSA) is 72.8 Å². The Morgan fingerprint density at radius 3 is 0.985 bits per heavy atom. The van der Waals surface area contributed by atoms with E-state index in [0.29, 0.717) is 12.8 Å². The van der Waals surface area contributed by atoms with Gasteiger partial charge < -0.3 is 14.6 Å². The van der Waals surface area contributed by atoms with Crippen LogP contribution in [-0.4, -0.2) is 36.4 Å². The van der Waals surface area contributed by atoms with Crippen LogP contribution in [0.4, 0.5) is 0 Å². The summed E-state index contributed by atoms with van der Waals surface area (Å²) in [5.41, 5.74) is 0. The van der Waals surface area contributed by atoms with E-state index in [9.17, 15) is 14.7 Å². The third kappa shape index (κ3) is 55.3. The quantitative estimate of drug-likeness (QED) is 0.0374. The third-order valence-corrected chi connectivity index (χ3v) is 12.1. The van der Waals surface area contributed by atoms with E-state index in [2.05, 4.69) is 111 Å². The van der Waals surface area contributed by atoms with Gasteiger partial charge in [0.1, 0.15) is 6.61 Å². The fourth-order valence-electron chi connectivity index (χ4n) is 7.88. The maximum atomic E-state index is 12.3. The first-order chi connectivity index (χ1) is 33.1. The van der Waals surface area contributed by atoms with E-state index in [1.807, 2.05) is 0 Å². The average molecular weight is 932 g/mol. The van der Waals surface area contributed by atoms with Gasteiger partial charge in [0.05, 0.1) is 6.61 Å². The summed E-state index contributed by atoms with van der Waals surface area (Å²) in [5, 5.41) is 9.64. The van der Waals surface area contributed by atoms with Gasteiger partial charge in [-0.15, -0.1) is 0 Å². The van der Waals surface area contributed by atoms with Crippen LogP contribution >= 0.6 is 0 Å². The molecule has 1 N–H and O–H groups in total. The lowest BCUT2D eigenvalue weighted by molar-refractivity contribution is -0.161. The Hall–Kier alpha value is -3.18. The number of unbranched alkanes of at least 4 members (excludes halogenated alkanes) is 27. The lowest BCUT2D eigenvalue weighted by atomic mass is 10.0. The molecular formula is C62H106O5. The molecule has 5 nitrogen and oxygen atoms in total. The summed E-state index contributed by atoms with van der Waals surface area (Å²) in [6, 6.07) is 0. The molecule has 0 saturated carbocycles. The molecule has 0 rings (SSSR count). The Labute approximate surface area is 415 Å². The lowest BCUT2D eigenvalue weighted by Crippen LogP contribution is -2.28. The number of carbonyl (C=O) groups excluding carboxylic acids is 2. The van der Waals surface area contributed by atoms with Crippen LogP contribution in [0.2, 0.25) is 0 Å². The molecule has 0 amide bonds. The van der Waals surface area contributed by atoms with E-state index in [1.165, 1.54) is 148 Å². The Kier molecular flexibility index (Phi) is 54.4. The first-order valence-electron chi connectivity index (χ1n) is 28.3. The number of esters is 2. The van der Waals surface area contributed by atoms with E-state index in [-0.39, 0.29) is 25.2 Å². The van der Waals surface area contributed by atoms with Crippen LogP contribution in [0.15, 0.2) is 97.2 Å². The predicted molar refractivity (Wildman–Crippen MR) is 292 cm³/mol. The fourth-order valence-corrected chi connectivity index (χ4v) is 7.88. The second kappa shape index (κ2) is 57.1. The van der Waals surface area contributed by atoms with Crippen LogP contribution < -0.4 is 0 Å². The molecule has 5 heteroatoms. The Bertz CT molecular complexity index is 1280. The molecule has 0 fully saturated rings. The molecule has 0 radical (unpaired) electrons. The maximum Gasteiger partial charge on any atom is 0.306 e.